The number of nitrogens with two attached hydrogens (primary N) is 1. The molecule has 0 saturated carbocycles. The first-order chi connectivity index (χ1) is 27.7. The molecule has 5 heteroatoms. The Morgan fingerprint density at radius 1 is 0.429 bits per heavy atom. The average molecular weight is 722 g/mol. The Bertz CT molecular complexity index is 2980. The number of fused-ring (bicyclic) bond motifs is 6. The second kappa shape index (κ2) is 14.3. The Balaban J connectivity index is 0.980. The van der Waals surface area contributed by atoms with Gasteiger partial charge in [0.1, 0.15) is 6.17 Å². The lowest BCUT2D eigenvalue weighted by molar-refractivity contribution is 0.467. The fraction of sp³-hybridized carbons (Fsp3) is 0.0392. The Hall–Kier alpha value is -7.05. The average Bonchev–Trinajstić information content (AvgIpc) is 3.77. The van der Waals surface area contributed by atoms with E-state index in [-0.39, 0.29) is 12.3 Å². The van der Waals surface area contributed by atoms with Gasteiger partial charge < -0.3 is 14.9 Å². The van der Waals surface area contributed by atoms with Crippen LogP contribution < -0.4 is 11.1 Å². The summed E-state index contributed by atoms with van der Waals surface area (Å²) in [5, 5.41) is 8.50. The molecule has 2 unspecified atom stereocenters. The summed E-state index contributed by atoms with van der Waals surface area (Å²) in [5.41, 5.74) is 19.0. The molecule has 0 amide bonds. The number of nitrogens with zero attached hydrogens (tertiary/aromatic N) is 3. The predicted molar refractivity (Wildman–Crippen MR) is 234 cm³/mol. The second-order valence-corrected chi connectivity index (χ2v) is 14.2. The van der Waals surface area contributed by atoms with Crippen LogP contribution in [0.4, 0.5) is 0 Å². The Labute approximate surface area is 325 Å². The summed E-state index contributed by atoms with van der Waals surface area (Å²) in [4.78, 5) is 4.96. The molecular formula is C51H39N5. The van der Waals surface area contributed by atoms with E-state index < -0.39 is 0 Å². The molecular weight excluding hydrogens is 683 g/mol. The van der Waals surface area contributed by atoms with Crippen molar-refractivity contribution in [2.75, 3.05) is 0 Å². The van der Waals surface area contributed by atoms with Gasteiger partial charge in [-0.3, -0.25) is 10.3 Å². The molecule has 56 heavy (non-hydrogen) atoms. The Kier molecular flexibility index (Phi) is 8.56. The van der Waals surface area contributed by atoms with Gasteiger partial charge in [0.05, 0.1) is 28.2 Å². The van der Waals surface area contributed by atoms with E-state index in [1.165, 1.54) is 43.6 Å². The Morgan fingerprint density at radius 2 is 0.893 bits per heavy atom. The van der Waals surface area contributed by atoms with Crippen LogP contribution in [0.5, 0.6) is 0 Å². The van der Waals surface area contributed by atoms with Gasteiger partial charge in [-0.25, -0.2) is 0 Å². The highest BCUT2D eigenvalue weighted by Crippen LogP contribution is 2.39. The van der Waals surface area contributed by atoms with Gasteiger partial charge in [-0.1, -0.05) is 152 Å². The van der Waals surface area contributed by atoms with Gasteiger partial charge in [0.15, 0.2) is 0 Å². The summed E-state index contributed by atoms with van der Waals surface area (Å²) < 4.78 is 4.79. The SMILES string of the molecule is NC(NC(N=Cc1ccc(-c2ccc(-n3c4ccccc4c4cc5c6ccccc6n(-c6ccccc6)c5cc43)cc2)cc1)c1ccccc1)c1ccccc1. The number of aromatic nitrogens is 2. The molecule has 0 fully saturated rings. The van der Waals surface area contributed by atoms with Crippen LogP contribution in [0.1, 0.15) is 29.0 Å². The topological polar surface area (TPSA) is 60.3 Å². The van der Waals surface area contributed by atoms with Gasteiger partial charge in [0, 0.05) is 39.1 Å². The highest BCUT2D eigenvalue weighted by molar-refractivity contribution is 6.19. The molecule has 5 nitrogen and oxygen atoms in total. The maximum Gasteiger partial charge on any atom is 0.127 e. The normalized spacial score (nSPS) is 12.9. The van der Waals surface area contributed by atoms with Crippen LogP contribution in [-0.4, -0.2) is 15.3 Å². The molecule has 2 aromatic heterocycles. The highest BCUT2D eigenvalue weighted by Gasteiger charge is 2.19. The van der Waals surface area contributed by atoms with Crippen molar-refractivity contribution in [1.29, 1.82) is 0 Å². The van der Waals surface area contributed by atoms with Crippen LogP contribution in [0.2, 0.25) is 0 Å². The van der Waals surface area contributed by atoms with Crippen molar-refractivity contribution in [3.8, 4) is 22.5 Å². The first-order valence-corrected chi connectivity index (χ1v) is 19.1. The smallest absolute Gasteiger partial charge is 0.127 e. The first-order valence-electron chi connectivity index (χ1n) is 19.1. The van der Waals surface area contributed by atoms with Crippen molar-refractivity contribution in [2.45, 2.75) is 12.3 Å². The monoisotopic (exact) mass is 721 g/mol. The van der Waals surface area contributed by atoms with Crippen LogP contribution >= 0.6 is 0 Å². The summed E-state index contributed by atoms with van der Waals surface area (Å²) >= 11 is 0. The van der Waals surface area contributed by atoms with Gasteiger partial charge in [-0.05, 0) is 76.3 Å². The van der Waals surface area contributed by atoms with E-state index >= 15 is 0 Å². The molecule has 0 aliphatic rings. The second-order valence-electron chi connectivity index (χ2n) is 14.2. The fourth-order valence-electron chi connectivity index (χ4n) is 8.08. The van der Waals surface area contributed by atoms with Gasteiger partial charge in [0.25, 0.3) is 0 Å². The largest absolute Gasteiger partial charge is 0.312 e. The zero-order valence-corrected chi connectivity index (χ0v) is 30.7. The molecule has 10 rings (SSSR count). The van der Waals surface area contributed by atoms with Crippen molar-refractivity contribution in [3.05, 3.63) is 217 Å². The van der Waals surface area contributed by atoms with E-state index in [1.807, 2.05) is 54.7 Å². The zero-order chi connectivity index (χ0) is 37.4. The first kappa shape index (κ1) is 33.5. The third-order valence-electron chi connectivity index (χ3n) is 10.8. The minimum absolute atomic E-state index is 0.294. The summed E-state index contributed by atoms with van der Waals surface area (Å²) in [7, 11) is 0. The van der Waals surface area contributed by atoms with Crippen molar-refractivity contribution in [3.63, 3.8) is 0 Å². The number of aliphatic imine (C=N–C) groups is 1. The van der Waals surface area contributed by atoms with Gasteiger partial charge in [-0.15, -0.1) is 0 Å². The lowest BCUT2D eigenvalue weighted by Gasteiger charge is -2.21. The summed E-state index contributed by atoms with van der Waals surface area (Å²) in [6, 6.07) is 70.6. The quantitative estimate of drug-likeness (QED) is 0.115. The molecule has 0 spiro atoms. The van der Waals surface area contributed by atoms with Gasteiger partial charge in [-0.2, -0.15) is 0 Å². The molecule has 8 aromatic carbocycles. The van der Waals surface area contributed by atoms with E-state index in [9.17, 15) is 0 Å². The number of hydrogen-bond acceptors (Lipinski definition) is 3. The third kappa shape index (κ3) is 6.06. The van der Waals surface area contributed by atoms with Crippen molar-refractivity contribution in [1.82, 2.24) is 14.5 Å². The van der Waals surface area contributed by atoms with Crippen LogP contribution in [0.15, 0.2) is 205 Å². The van der Waals surface area contributed by atoms with Crippen LogP contribution in [0.3, 0.4) is 0 Å². The molecule has 10 aromatic rings. The van der Waals surface area contributed by atoms with Crippen LogP contribution in [0, 0.1) is 0 Å². The van der Waals surface area contributed by atoms with E-state index in [1.54, 1.807) is 0 Å². The van der Waals surface area contributed by atoms with E-state index in [0.29, 0.717) is 0 Å². The van der Waals surface area contributed by atoms with Crippen molar-refractivity contribution < 1.29 is 0 Å². The molecule has 268 valence electrons. The minimum Gasteiger partial charge on any atom is -0.312 e. The lowest BCUT2D eigenvalue weighted by Crippen LogP contribution is -2.31. The standard InChI is InChI=1S/C51H39N5/c52-50(38-14-4-1-5-15-38)54-51(39-16-6-2-7-17-39)53-34-35-24-26-36(27-25-35)37-28-30-41(31-29-37)56-47-23-13-11-21-43(47)45-32-44-42-20-10-12-22-46(42)55(48(44)33-49(45)56)40-18-8-3-9-19-40/h1-34,50-51,54H,52H2. The van der Waals surface area contributed by atoms with Crippen molar-refractivity contribution >= 4 is 49.8 Å². The predicted octanol–water partition coefficient (Wildman–Crippen LogP) is 11.9. The minimum atomic E-state index is -0.353. The molecule has 2 heterocycles. The molecule has 0 aliphatic heterocycles. The molecule has 2 atom stereocenters. The molecule has 0 saturated heterocycles. The number of hydrogen-bond donors (Lipinski definition) is 2. The summed E-state index contributed by atoms with van der Waals surface area (Å²) in [6.07, 6.45) is 1.27. The zero-order valence-electron chi connectivity index (χ0n) is 30.7. The van der Waals surface area contributed by atoms with E-state index in [4.69, 9.17) is 10.7 Å². The Morgan fingerprint density at radius 3 is 1.46 bits per heavy atom. The maximum absolute atomic E-state index is 6.56. The van der Waals surface area contributed by atoms with Crippen molar-refractivity contribution in [2.24, 2.45) is 10.7 Å². The molecule has 0 aliphatic carbocycles. The summed E-state index contributed by atoms with van der Waals surface area (Å²) in [5.74, 6) is 0. The van der Waals surface area contributed by atoms with Gasteiger partial charge in [0.2, 0.25) is 0 Å². The third-order valence-corrected chi connectivity index (χ3v) is 10.8. The van der Waals surface area contributed by atoms with Gasteiger partial charge >= 0.3 is 0 Å². The molecule has 0 radical (unpaired) electrons. The highest BCUT2D eigenvalue weighted by atomic mass is 15.1. The maximum atomic E-state index is 6.56. The van der Waals surface area contributed by atoms with Crippen LogP contribution in [-0.2, 0) is 0 Å². The van der Waals surface area contributed by atoms with Crippen LogP contribution in [0.25, 0.3) is 66.1 Å². The number of nitrogens with one attached hydrogen (secondary N) is 1. The number of rotatable bonds is 9. The number of para-hydroxylation sites is 3. The fourth-order valence-corrected chi connectivity index (χ4v) is 8.08. The number of benzene rings is 8. The summed E-state index contributed by atoms with van der Waals surface area (Å²) in [6.45, 7) is 0. The van der Waals surface area contributed by atoms with E-state index in [2.05, 4.69) is 166 Å². The van der Waals surface area contributed by atoms with E-state index in [0.717, 1.165) is 39.2 Å². The molecule has 3 N–H and O–H groups in total. The lowest BCUT2D eigenvalue weighted by atomic mass is 10.0. The molecule has 0 bridgehead atoms.